The van der Waals surface area contributed by atoms with Crippen molar-refractivity contribution in [2.45, 2.75) is 0 Å². The Kier molecular flexibility index (Phi) is 6.15. The Labute approximate surface area is 275 Å². The van der Waals surface area contributed by atoms with Gasteiger partial charge in [-0.1, -0.05) is 72.8 Å². The fraction of sp³-hybridized carbons (Fsp3) is 0. The van der Waals surface area contributed by atoms with Crippen molar-refractivity contribution in [2.24, 2.45) is 0 Å². The second-order valence-corrected chi connectivity index (χ2v) is 11.7. The second-order valence-electron chi connectivity index (χ2n) is 11.7. The molecule has 222 valence electrons. The molecule has 0 saturated carbocycles. The highest BCUT2D eigenvalue weighted by molar-refractivity contribution is 6.10. The van der Waals surface area contributed by atoms with Crippen molar-refractivity contribution in [3.63, 3.8) is 0 Å². The van der Waals surface area contributed by atoms with E-state index in [1.807, 2.05) is 66.7 Å². The first-order valence-electron chi connectivity index (χ1n) is 15.6. The first kappa shape index (κ1) is 27.3. The lowest BCUT2D eigenvalue weighted by Crippen LogP contribution is -2.05. The van der Waals surface area contributed by atoms with Crippen LogP contribution in [0.4, 0.5) is 0 Å². The zero-order valence-corrected chi connectivity index (χ0v) is 25.5. The molecular formula is C42H24N6. The molecule has 0 fully saturated rings. The third-order valence-electron chi connectivity index (χ3n) is 8.97. The van der Waals surface area contributed by atoms with Crippen LogP contribution in [0.2, 0.25) is 0 Å². The van der Waals surface area contributed by atoms with Crippen LogP contribution in [-0.2, 0) is 0 Å². The standard InChI is InChI=1S/C42H24N6/c43-25-27-9-7-10-29(21-27)35-14-8-15-36(45-35)30-23-41(47-37-16-4-1-11-31(37)32-12-2-5-17-38(32)47)46-42(24-30)48-39-18-6-3-13-33(39)34-22-28(26-44)19-20-40(34)48/h1-24H. The molecule has 0 saturated heterocycles. The minimum absolute atomic E-state index is 0.588. The van der Waals surface area contributed by atoms with Gasteiger partial charge in [0.25, 0.3) is 0 Å². The van der Waals surface area contributed by atoms with Gasteiger partial charge in [0.05, 0.1) is 56.7 Å². The van der Waals surface area contributed by atoms with Crippen molar-refractivity contribution in [3.8, 4) is 46.3 Å². The first-order valence-corrected chi connectivity index (χ1v) is 15.6. The summed E-state index contributed by atoms with van der Waals surface area (Å²) in [5, 5.41) is 23.6. The van der Waals surface area contributed by atoms with Crippen LogP contribution < -0.4 is 0 Å². The Morgan fingerprint density at radius 1 is 0.396 bits per heavy atom. The molecule has 0 unspecified atom stereocenters. The number of para-hydroxylation sites is 3. The van der Waals surface area contributed by atoms with E-state index in [1.54, 1.807) is 6.07 Å². The fourth-order valence-corrected chi connectivity index (χ4v) is 6.84. The van der Waals surface area contributed by atoms with Gasteiger partial charge in [0, 0.05) is 32.7 Å². The zero-order chi connectivity index (χ0) is 32.2. The summed E-state index contributed by atoms with van der Waals surface area (Å²) >= 11 is 0. The van der Waals surface area contributed by atoms with Gasteiger partial charge < -0.3 is 0 Å². The Bertz CT molecular complexity index is 2770. The molecule has 9 aromatic rings. The Morgan fingerprint density at radius 2 is 0.896 bits per heavy atom. The summed E-state index contributed by atoms with van der Waals surface area (Å²) in [4.78, 5) is 10.5. The number of nitrogens with zero attached hydrogens (tertiary/aromatic N) is 6. The largest absolute Gasteiger partial charge is 0.294 e. The Balaban J connectivity index is 1.36. The number of aromatic nitrogens is 4. The van der Waals surface area contributed by atoms with Gasteiger partial charge >= 0.3 is 0 Å². The van der Waals surface area contributed by atoms with Crippen LogP contribution in [0.3, 0.4) is 0 Å². The number of fused-ring (bicyclic) bond motifs is 6. The van der Waals surface area contributed by atoms with E-state index in [0.29, 0.717) is 11.1 Å². The van der Waals surface area contributed by atoms with E-state index in [2.05, 4.69) is 94.1 Å². The van der Waals surface area contributed by atoms with Crippen LogP contribution in [0.25, 0.3) is 77.8 Å². The van der Waals surface area contributed by atoms with E-state index in [0.717, 1.165) is 77.8 Å². The Hall–Kier alpha value is -7.02. The topological polar surface area (TPSA) is 83.2 Å². The molecule has 0 atom stereocenters. The van der Waals surface area contributed by atoms with Crippen LogP contribution in [-0.4, -0.2) is 19.1 Å². The summed E-state index contributed by atoms with van der Waals surface area (Å²) < 4.78 is 4.40. The average Bonchev–Trinajstić information content (AvgIpc) is 3.67. The van der Waals surface area contributed by atoms with E-state index in [9.17, 15) is 10.5 Å². The van der Waals surface area contributed by atoms with E-state index in [-0.39, 0.29) is 0 Å². The lowest BCUT2D eigenvalue weighted by atomic mass is 10.1. The van der Waals surface area contributed by atoms with Gasteiger partial charge in [0.2, 0.25) is 0 Å². The van der Waals surface area contributed by atoms with E-state index in [4.69, 9.17) is 9.97 Å². The molecule has 0 amide bonds. The molecule has 9 rings (SSSR count). The molecule has 6 nitrogen and oxygen atoms in total. The molecule has 4 aromatic heterocycles. The summed E-state index contributed by atoms with van der Waals surface area (Å²) in [5.74, 6) is 1.50. The molecule has 0 radical (unpaired) electrons. The van der Waals surface area contributed by atoms with Gasteiger partial charge in [-0.05, 0) is 72.8 Å². The molecule has 0 N–H and O–H groups in total. The van der Waals surface area contributed by atoms with Crippen LogP contribution >= 0.6 is 0 Å². The van der Waals surface area contributed by atoms with E-state index < -0.39 is 0 Å². The summed E-state index contributed by atoms with van der Waals surface area (Å²) in [7, 11) is 0. The van der Waals surface area contributed by atoms with Crippen molar-refractivity contribution >= 4 is 43.6 Å². The van der Waals surface area contributed by atoms with E-state index >= 15 is 0 Å². The van der Waals surface area contributed by atoms with Crippen molar-refractivity contribution in [2.75, 3.05) is 0 Å². The monoisotopic (exact) mass is 612 g/mol. The van der Waals surface area contributed by atoms with Crippen molar-refractivity contribution in [3.05, 3.63) is 157 Å². The quantitative estimate of drug-likeness (QED) is 0.198. The number of rotatable bonds is 4. The first-order chi connectivity index (χ1) is 23.7. The van der Waals surface area contributed by atoms with Gasteiger partial charge in [-0.15, -0.1) is 0 Å². The highest BCUT2D eigenvalue weighted by Gasteiger charge is 2.19. The molecule has 5 aromatic carbocycles. The maximum Gasteiger partial charge on any atom is 0.140 e. The molecule has 0 aliphatic heterocycles. The number of pyridine rings is 2. The lowest BCUT2D eigenvalue weighted by molar-refractivity contribution is 1.01. The molecule has 0 aliphatic carbocycles. The molecule has 0 aliphatic rings. The van der Waals surface area contributed by atoms with E-state index in [1.165, 1.54) is 0 Å². The van der Waals surface area contributed by atoms with Gasteiger partial charge in [0.1, 0.15) is 11.6 Å². The molecule has 0 bridgehead atoms. The summed E-state index contributed by atoms with van der Waals surface area (Å²) in [6, 6.07) is 53.1. The fourth-order valence-electron chi connectivity index (χ4n) is 6.84. The highest BCUT2D eigenvalue weighted by Crippen LogP contribution is 2.36. The SMILES string of the molecule is N#Cc1cccc(-c2cccc(-c3cc(-n4c5ccccc5c5ccccc54)nc(-n4c5ccccc5c5cc(C#N)ccc54)c3)n2)c1. The highest BCUT2D eigenvalue weighted by atomic mass is 15.1. The number of benzene rings is 5. The minimum Gasteiger partial charge on any atom is -0.294 e. The minimum atomic E-state index is 0.588. The summed E-state index contributed by atoms with van der Waals surface area (Å²) in [6.07, 6.45) is 0. The van der Waals surface area contributed by atoms with Crippen LogP contribution in [0, 0.1) is 22.7 Å². The molecule has 0 spiro atoms. The predicted octanol–water partition coefficient (Wildman–Crippen LogP) is 9.75. The van der Waals surface area contributed by atoms with Crippen molar-refractivity contribution in [1.82, 2.24) is 19.1 Å². The van der Waals surface area contributed by atoms with Crippen LogP contribution in [0.5, 0.6) is 0 Å². The third-order valence-corrected chi connectivity index (χ3v) is 8.97. The number of nitriles is 2. The maximum absolute atomic E-state index is 9.71. The van der Waals surface area contributed by atoms with Gasteiger partial charge in [-0.2, -0.15) is 10.5 Å². The predicted molar refractivity (Wildman–Crippen MR) is 191 cm³/mol. The normalized spacial score (nSPS) is 11.3. The third kappa shape index (κ3) is 4.25. The molecule has 48 heavy (non-hydrogen) atoms. The summed E-state index contributed by atoms with van der Waals surface area (Å²) in [6.45, 7) is 0. The number of hydrogen-bond acceptors (Lipinski definition) is 4. The average molecular weight is 613 g/mol. The molecular weight excluding hydrogens is 589 g/mol. The van der Waals surface area contributed by atoms with Gasteiger partial charge in [-0.3, -0.25) is 9.13 Å². The number of hydrogen-bond donors (Lipinski definition) is 0. The van der Waals surface area contributed by atoms with Gasteiger partial charge in [0.15, 0.2) is 0 Å². The van der Waals surface area contributed by atoms with Gasteiger partial charge in [-0.25, -0.2) is 9.97 Å². The zero-order valence-electron chi connectivity index (χ0n) is 25.5. The Morgan fingerprint density at radius 3 is 1.50 bits per heavy atom. The van der Waals surface area contributed by atoms with Crippen LogP contribution in [0.1, 0.15) is 11.1 Å². The van der Waals surface area contributed by atoms with Crippen LogP contribution in [0.15, 0.2) is 146 Å². The molecule has 6 heteroatoms. The maximum atomic E-state index is 9.71. The lowest BCUT2D eigenvalue weighted by Gasteiger charge is -2.15. The van der Waals surface area contributed by atoms with Crippen molar-refractivity contribution in [1.29, 1.82) is 10.5 Å². The molecule has 4 heterocycles. The summed E-state index contributed by atoms with van der Waals surface area (Å²) in [5.41, 5.74) is 8.62. The smallest absolute Gasteiger partial charge is 0.140 e. The van der Waals surface area contributed by atoms with Crippen molar-refractivity contribution < 1.29 is 0 Å². The second kappa shape index (κ2) is 10.8.